The van der Waals surface area contributed by atoms with Crippen LogP contribution in [0.3, 0.4) is 0 Å². The summed E-state index contributed by atoms with van der Waals surface area (Å²) in [6.07, 6.45) is -12.0. The lowest BCUT2D eigenvalue weighted by atomic mass is 9.97. The minimum atomic E-state index is -5.08. The molecule has 42 heavy (non-hydrogen) atoms. The number of carboxylic acids is 1. The Morgan fingerprint density at radius 3 is 1.98 bits per heavy atom. The van der Waals surface area contributed by atoms with E-state index in [9.17, 15) is 44.3 Å². The molecule has 0 aliphatic rings. The third-order valence-electron chi connectivity index (χ3n) is 5.46. The monoisotopic (exact) mass is 623 g/mol. The summed E-state index contributed by atoms with van der Waals surface area (Å²) in [5, 5.41) is 10.6. The molecular formula is C26H15ClF9N3O3. The van der Waals surface area contributed by atoms with Crippen LogP contribution in [0.15, 0.2) is 73.1 Å². The van der Waals surface area contributed by atoms with Crippen LogP contribution in [0.2, 0.25) is 5.02 Å². The Morgan fingerprint density at radius 1 is 0.810 bits per heavy atom. The lowest BCUT2D eigenvalue weighted by Crippen LogP contribution is -2.31. The zero-order chi connectivity index (χ0) is 31.5. The van der Waals surface area contributed by atoms with E-state index in [2.05, 4.69) is 15.3 Å². The van der Waals surface area contributed by atoms with Gasteiger partial charge in [0.25, 0.3) is 5.91 Å². The predicted molar refractivity (Wildman–Crippen MR) is 130 cm³/mol. The Balaban J connectivity index is 0.000000616. The Kier molecular flexibility index (Phi) is 9.35. The number of carbonyl (C=O) groups is 2. The van der Waals surface area contributed by atoms with E-state index in [1.165, 1.54) is 24.4 Å². The maximum Gasteiger partial charge on any atom is 0.490 e. The second-order valence-electron chi connectivity index (χ2n) is 8.29. The first-order chi connectivity index (χ1) is 19.4. The second-order valence-corrected chi connectivity index (χ2v) is 8.70. The summed E-state index contributed by atoms with van der Waals surface area (Å²) < 4.78 is 112. The molecule has 0 saturated carbocycles. The molecule has 16 heteroatoms. The van der Waals surface area contributed by atoms with Gasteiger partial charge in [0.05, 0.1) is 33.4 Å². The summed E-state index contributed by atoms with van der Waals surface area (Å²) in [4.78, 5) is 29.9. The highest BCUT2D eigenvalue weighted by molar-refractivity contribution is 6.35. The number of carbonyl (C=O) groups excluding carboxylic acids is 1. The topological polar surface area (TPSA) is 92.2 Å². The molecule has 0 spiro atoms. The van der Waals surface area contributed by atoms with Crippen molar-refractivity contribution in [3.05, 3.63) is 106 Å². The maximum absolute atomic E-state index is 13.7. The molecule has 0 aliphatic heterocycles. The number of pyridine rings is 2. The van der Waals surface area contributed by atoms with E-state index in [4.69, 9.17) is 21.5 Å². The van der Waals surface area contributed by atoms with Gasteiger partial charge in [-0.15, -0.1) is 0 Å². The van der Waals surface area contributed by atoms with E-state index < -0.39 is 53.3 Å². The molecule has 0 bridgehead atoms. The van der Waals surface area contributed by atoms with E-state index in [1.807, 2.05) is 0 Å². The van der Waals surface area contributed by atoms with Gasteiger partial charge in [-0.3, -0.25) is 14.8 Å². The fourth-order valence-corrected chi connectivity index (χ4v) is 3.75. The molecular weight excluding hydrogens is 609 g/mol. The number of nitrogens with one attached hydrogen (secondary N) is 1. The van der Waals surface area contributed by atoms with Crippen molar-refractivity contribution in [3.8, 4) is 0 Å². The molecule has 2 heterocycles. The van der Waals surface area contributed by atoms with Gasteiger partial charge >= 0.3 is 24.5 Å². The van der Waals surface area contributed by atoms with Crippen LogP contribution in [-0.2, 0) is 17.1 Å². The van der Waals surface area contributed by atoms with Gasteiger partial charge in [-0.25, -0.2) is 4.79 Å². The first kappa shape index (κ1) is 32.1. The van der Waals surface area contributed by atoms with Crippen LogP contribution in [0.5, 0.6) is 0 Å². The predicted octanol–water partition coefficient (Wildman–Crippen LogP) is 7.47. The zero-order valence-corrected chi connectivity index (χ0v) is 21.2. The summed E-state index contributed by atoms with van der Waals surface area (Å²) in [5.41, 5.74) is -2.25. The van der Waals surface area contributed by atoms with Gasteiger partial charge < -0.3 is 10.4 Å². The van der Waals surface area contributed by atoms with Gasteiger partial charge in [0.2, 0.25) is 0 Å². The first-order valence-corrected chi connectivity index (χ1v) is 11.6. The van der Waals surface area contributed by atoms with E-state index >= 15 is 0 Å². The van der Waals surface area contributed by atoms with Crippen molar-refractivity contribution in [1.29, 1.82) is 0 Å². The molecule has 2 aromatic heterocycles. The molecule has 0 radical (unpaired) electrons. The lowest BCUT2D eigenvalue weighted by Gasteiger charge is -2.23. The van der Waals surface area contributed by atoms with Crippen LogP contribution >= 0.6 is 11.6 Å². The third kappa shape index (κ3) is 7.87. The SMILES string of the molecule is O=C(NC(c1ccc(C(F)(F)F)cc1)c1ncccc1C(F)(F)F)c1ccc2c(Cl)ccnc2c1.O=C(O)C(F)(F)F. The highest BCUT2D eigenvalue weighted by atomic mass is 35.5. The summed E-state index contributed by atoms with van der Waals surface area (Å²) in [5.74, 6) is -3.54. The number of aromatic nitrogens is 2. The van der Waals surface area contributed by atoms with Gasteiger partial charge in [-0.2, -0.15) is 39.5 Å². The second kappa shape index (κ2) is 12.2. The van der Waals surface area contributed by atoms with Gasteiger partial charge in [-0.1, -0.05) is 29.8 Å². The number of hydrogen-bond acceptors (Lipinski definition) is 4. The van der Waals surface area contributed by atoms with Gasteiger partial charge in [0.1, 0.15) is 0 Å². The van der Waals surface area contributed by atoms with Crippen molar-refractivity contribution in [2.75, 3.05) is 0 Å². The molecule has 1 atom stereocenters. The molecule has 2 aromatic carbocycles. The van der Waals surface area contributed by atoms with Crippen molar-refractivity contribution in [1.82, 2.24) is 15.3 Å². The maximum atomic E-state index is 13.7. The molecule has 222 valence electrons. The number of amides is 1. The largest absolute Gasteiger partial charge is 0.490 e. The van der Waals surface area contributed by atoms with Crippen LogP contribution in [0.1, 0.15) is 38.8 Å². The van der Waals surface area contributed by atoms with Crippen LogP contribution in [0.4, 0.5) is 39.5 Å². The normalized spacial score (nSPS) is 12.7. The van der Waals surface area contributed by atoms with E-state index in [1.54, 1.807) is 6.07 Å². The van der Waals surface area contributed by atoms with E-state index in [0.717, 1.165) is 42.6 Å². The number of benzene rings is 2. The number of rotatable bonds is 4. The molecule has 1 unspecified atom stereocenters. The number of alkyl halides is 9. The highest BCUT2D eigenvalue weighted by Gasteiger charge is 2.39. The lowest BCUT2D eigenvalue weighted by molar-refractivity contribution is -0.192. The number of aliphatic carboxylic acids is 1. The Labute approximate surface area is 234 Å². The molecule has 4 aromatic rings. The fraction of sp³-hybridized carbons (Fsp3) is 0.154. The smallest absolute Gasteiger partial charge is 0.475 e. The van der Waals surface area contributed by atoms with E-state index in [-0.39, 0.29) is 11.1 Å². The van der Waals surface area contributed by atoms with Gasteiger partial charge in [0, 0.05) is 23.3 Å². The van der Waals surface area contributed by atoms with Crippen LogP contribution in [0, 0.1) is 0 Å². The van der Waals surface area contributed by atoms with Crippen LogP contribution in [0.25, 0.3) is 10.9 Å². The minimum absolute atomic E-state index is 0.0162. The van der Waals surface area contributed by atoms with Crippen LogP contribution < -0.4 is 5.32 Å². The number of hydrogen-bond donors (Lipinski definition) is 2. The molecule has 0 aliphatic carbocycles. The van der Waals surface area contributed by atoms with Gasteiger partial charge in [0.15, 0.2) is 0 Å². The Morgan fingerprint density at radius 2 is 1.43 bits per heavy atom. The molecule has 6 nitrogen and oxygen atoms in total. The molecule has 1 amide bonds. The molecule has 0 saturated heterocycles. The van der Waals surface area contributed by atoms with Crippen molar-refractivity contribution in [3.63, 3.8) is 0 Å². The number of halogens is 10. The summed E-state index contributed by atoms with van der Waals surface area (Å²) in [6, 6.07) is 9.75. The standard InChI is InChI=1S/C24H14ClF6N3O.C2HF3O2/c25-18-9-11-32-19-12-14(5-8-16(18)19)22(35)34-20(13-3-6-15(7-4-13)23(26,27)28)21-17(24(29,30)31)2-1-10-33-21;3-2(4,5)1(6)7/h1-12,20H,(H,34,35);(H,6,7). The van der Waals surface area contributed by atoms with E-state index in [0.29, 0.717) is 15.9 Å². The minimum Gasteiger partial charge on any atom is -0.475 e. The molecule has 0 fully saturated rings. The van der Waals surface area contributed by atoms with Crippen molar-refractivity contribution in [2.24, 2.45) is 0 Å². The fourth-order valence-electron chi connectivity index (χ4n) is 3.53. The number of nitrogens with zero attached hydrogens (tertiary/aromatic N) is 2. The van der Waals surface area contributed by atoms with Gasteiger partial charge in [-0.05, 0) is 48.0 Å². The average Bonchev–Trinajstić information content (AvgIpc) is 2.90. The van der Waals surface area contributed by atoms with Crippen molar-refractivity contribution >= 4 is 34.4 Å². The summed E-state index contributed by atoms with van der Waals surface area (Å²) in [6.45, 7) is 0. The Hall–Kier alpha value is -4.40. The van der Waals surface area contributed by atoms with Crippen molar-refractivity contribution < 1.29 is 54.2 Å². The third-order valence-corrected chi connectivity index (χ3v) is 5.79. The molecule has 2 N–H and O–H groups in total. The highest BCUT2D eigenvalue weighted by Crippen LogP contribution is 2.37. The Bertz CT molecular complexity index is 1590. The number of fused-ring (bicyclic) bond motifs is 1. The number of carboxylic acid groups (broad SMARTS) is 1. The summed E-state index contributed by atoms with van der Waals surface area (Å²) in [7, 11) is 0. The van der Waals surface area contributed by atoms with Crippen LogP contribution in [-0.4, -0.2) is 33.1 Å². The van der Waals surface area contributed by atoms with Crippen molar-refractivity contribution in [2.45, 2.75) is 24.6 Å². The zero-order valence-electron chi connectivity index (χ0n) is 20.4. The quantitative estimate of drug-likeness (QED) is 0.230. The first-order valence-electron chi connectivity index (χ1n) is 11.2. The average molecular weight is 624 g/mol. The summed E-state index contributed by atoms with van der Waals surface area (Å²) >= 11 is 6.10. The molecule has 4 rings (SSSR count).